The van der Waals surface area contributed by atoms with Gasteiger partial charge in [0, 0.05) is 23.1 Å². The van der Waals surface area contributed by atoms with Crippen LogP contribution >= 0.6 is 15.9 Å². The molecule has 7 heteroatoms. The quantitative estimate of drug-likeness (QED) is 0.795. The highest BCUT2D eigenvalue weighted by atomic mass is 79.9. The Labute approximate surface area is 131 Å². The molecule has 1 fully saturated rings. The normalized spacial score (nSPS) is 14.3. The summed E-state index contributed by atoms with van der Waals surface area (Å²) in [5.41, 5.74) is 1.73. The number of carbonyl (C=O) groups excluding carboxylic acids is 3. The molecule has 0 spiro atoms. The van der Waals surface area contributed by atoms with Gasteiger partial charge in [0.2, 0.25) is 11.8 Å². The minimum atomic E-state index is -0.385. The number of nitrogens with zero attached hydrogens (tertiary/aromatic N) is 1. The number of hydrogen-bond donors (Lipinski definition) is 2. The summed E-state index contributed by atoms with van der Waals surface area (Å²) in [4.78, 5) is 35.7. The highest BCUT2D eigenvalue weighted by Crippen LogP contribution is 2.20. The van der Waals surface area contributed by atoms with E-state index in [2.05, 4.69) is 26.6 Å². The number of nitrogens with one attached hydrogen (secondary N) is 2. The van der Waals surface area contributed by atoms with Crippen LogP contribution in [0.2, 0.25) is 0 Å². The third-order valence-electron chi connectivity index (χ3n) is 3.19. The molecule has 6 nitrogen and oxygen atoms in total. The minimum absolute atomic E-state index is 0.0448. The molecular formula is C14H16BrN3O3. The van der Waals surface area contributed by atoms with Crippen LogP contribution in [-0.2, 0) is 9.59 Å². The summed E-state index contributed by atoms with van der Waals surface area (Å²) in [5, 5.41) is 5.26. The maximum absolute atomic E-state index is 11.9. The maximum Gasteiger partial charge on any atom is 0.324 e. The molecule has 1 aromatic rings. The van der Waals surface area contributed by atoms with Crippen LogP contribution < -0.4 is 10.6 Å². The number of hydrogen-bond acceptors (Lipinski definition) is 3. The van der Waals surface area contributed by atoms with E-state index in [0.29, 0.717) is 6.42 Å². The molecule has 112 valence electrons. The molecule has 0 atom stereocenters. The smallest absolute Gasteiger partial charge is 0.324 e. The highest BCUT2D eigenvalue weighted by molar-refractivity contribution is 9.10. The standard InChI is InChI=1S/C14H16BrN3O3/c1-9-7-10(15)4-5-11(9)17-12(19)3-2-6-18-13(20)8-16-14(18)21/h4-5,7H,2-3,6,8H2,1H3,(H,16,21)(H,17,19). The summed E-state index contributed by atoms with van der Waals surface area (Å²) in [5.74, 6) is -0.378. The number of anilines is 1. The van der Waals surface area contributed by atoms with E-state index in [1.807, 2.05) is 25.1 Å². The Hall–Kier alpha value is -1.89. The highest BCUT2D eigenvalue weighted by Gasteiger charge is 2.27. The van der Waals surface area contributed by atoms with Crippen LogP contribution in [0.1, 0.15) is 18.4 Å². The van der Waals surface area contributed by atoms with Gasteiger partial charge in [0.05, 0.1) is 6.54 Å². The van der Waals surface area contributed by atoms with Crippen molar-refractivity contribution in [1.82, 2.24) is 10.2 Å². The first kappa shape index (κ1) is 15.5. The van der Waals surface area contributed by atoms with Crippen molar-refractivity contribution in [2.24, 2.45) is 0 Å². The van der Waals surface area contributed by atoms with Gasteiger partial charge in [-0.3, -0.25) is 14.5 Å². The predicted molar refractivity (Wildman–Crippen MR) is 81.9 cm³/mol. The van der Waals surface area contributed by atoms with Crippen LogP contribution in [0.15, 0.2) is 22.7 Å². The lowest BCUT2D eigenvalue weighted by Crippen LogP contribution is -2.32. The van der Waals surface area contributed by atoms with Gasteiger partial charge in [-0.05, 0) is 37.1 Å². The van der Waals surface area contributed by atoms with Crippen molar-refractivity contribution >= 4 is 39.5 Å². The summed E-state index contributed by atoms with van der Waals surface area (Å²) in [6.45, 7) is 2.22. The molecule has 1 aliphatic heterocycles. The number of urea groups is 1. The molecule has 1 aliphatic rings. The Bertz CT molecular complexity index is 573. The van der Waals surface area contributed by atoms with Gasteiger partial charge in [-0.2, -0.15) is 0 Å². The van der Waals surface area contributed by atoms with E-state index in [0.717, 1.165) is 20.6 Å². The Morgan fingerprint density at radius 2 is 2.19 bits per heavy atom. The predicted octanol–water partition coefficient (Wildman–Crippen LogP) is 2.03. The van der Waals surface area contributed by atoms with Crippen molar-refractivity contribution < 1.29 is 14.4 Å². The molecule has 21 heavy (non-hydrogen) atoms. The van der Waals surface area contributed by atoms with Gasteiger partial charge in [0.15, 0.2) is 0 Å². The van der Waals surface area contributed by atoms with Gasteiger partial charge in [-0.1, -0.05) is 15.9 Å². The molecule has 1 aromatic carbocycles. The lowest BCUT2D eigenvalue weighted by Gasteiger charge is -2.12. The number of aryl methyl sites for hydroxylation is 1. The molecule has 0 aliphatic carbocycles. The third kappa shape index (κ3) is 4.04. The molecular weight excluding hydrogens is 338 g/mol. The van der Waals surface area contributed by atoms with Gasteiger partial charge in [0.25, 0.3) is 0 Å². The number of halogens is 1. The van der Waals surface area contributed by atoms with Crippen molar-refractivity contribution in [3.05, 3.63) is 28.2 Å². The number of amides is 4. The molecule has 1 heterocycles. The monoisotopic (exact) mass is 353 g/mol. The second-order valence-electron chi connectivity index (χ2n) is 4.82. The fourth-order valence-electron chi connectivity index (χ4n) is 2.06. The van der Waals surface area contributed by atoms with Gasteiger partial charge in [-0.25, -0.2) is 4.79 Å². The Balaban J connectivity index is 1.80. The molecule has 0 bridgehead atoms. The first-order valence-electron chi connectivity index (χ1n) is 6.61. The SMILES string of the molecule is Cc1cc(Br)ccc1NC(=O)CCCN1C(=O)CNC1=O. The first-order valence-corrected chi connectivity index (χ1v) is 7.41. The minimum Gasteiger partial charge on any atom is -0.329 e. The zero-order valence-corrected chi connectivity index (χ0v) is 13.2. The van der Waals surface area contributed by atoms with Crippen molar-refractivity contribution in [2.75, 3.05) is 18.4 Å². The van der Waals surface area contributed by atoms with E-state index < -0.39 is 0 Å². The number of carbonyl (C=O) groups is 3. The number of rotatable bonds is 5. The second-order valence-corrected chi connectivity index (χ2v) is 5.73. The summed E-state index contributed by atoms with van der Waals surface area (Å²) < 4.78 is 0.955. The maximum atomic E-state index is 11.9. The molecule has 1 saturated heterocycles. The zero-order valence-electron chi connectivity index (χ0n) is 11.6. The average Bonchev–Trinajstić information content (AvgIpc) is 2.74. The zero-order chi connectivity index (χ0) is 15.4. The number of imide groups is 1. The van der Waals surface area contributed by atoms with Gasteiger partial charge < -0.3 is 10.6 Å². The molecule has 0 unspecified atom stereocenters. The average molecular weight is 354 g/mol. The summed E-state index contributed by atoms with van der Waals surface area (Å²) in [6, 6.07) is 5.22. The van der Waals surface area contributed by atoms with Gasteiger partial charge in [-0.15, -0.1) is 0 Å². The molecule has 4 amide bonds. The fraction of sp³-hybridized carbons (Fsp3) is 0.357. The van der Waals surface area contributed by atoms with Crippen LogP contribution in [-0.4, -0.2) is 35.8 Å². The van der Waals surface area contributed by atoms with E-state index in [1.54, 1.807) is 0 Å². The topological polar surface area (TPSA) is 78.5 Å². The van der Waals surface area contributed by atoms with Crippen LogP contribution in [0.3, 0.4) is 0 Å². The van der Waals surface area contributed by atoms with E-state index in [9.17, 15) is 14.4 Å². The van der Waals surface area contributed by atoms with E-state index in [4.69, 9.17) is 0 Å². The third-order valence-corrected chi connectivity index (χ3v) is 3.68. The van der Waals surface area contributed by atoms with Crippen molar-refractivity contribution in [3.8, 4) is 0 Å². The summed E-state index contributed by atoms with van der Waals surface area (Å²) >= 11 is 3.37. The number of benzene rings is 1. The molecule has 0 radical (unpaired) electrons. The van der Waals surface area contributed by atoms with Crippen LogP contribution in [0, 0.1) is 6.92 Å². The Morgan fingerprint density at radius 3 is 2.81 bits per heavy atom. The van der Waals surface area contributed by atoms with Gasteiger partial charge >= 0.3 is 6.03 Å². The second kappa shape index (κ2) is 6.71. The van der Waals surface area contributed by atoms with Crippen LogP contribution in [0.4, 0.5) is 10.5 Å². The van der Waals surface area contributed by atoms with E-state index in [-0.39, 0.29) is 37.4 Å². The first-order chi connectivity index (χ1) is 9.97. The Morgan fingerprint density at radius 1 is 1.43 bits per heavy atom. The molecule has 0 saturated carbocycles. The summed E-state index contributed by atoms with van der Waals surface area (Å²) in [6.07, 6.45) is 0.702. The lowest BCUT2D eigenvalue weighted by molar-refractivity contribution is -0.125. The van der Waals surface area contributed by atoms with Gasteiger partial charge in [0.1, 0.15) is 0 Å². The Kier molecular flexibility index (Phi) is 4.95. The van der Waals surface area contributed by atoms with Crippen molar-refractivity contribution in [2.45, 2.75) is 19.8 Å². The van der Waals surface area contributed by atoms with Crippen LogP contribution in [0.25, 0.3) is 0 Å². The largest absolute Gasteiger partial charge is 0.329 e. The lowest BCUT2D eigenvalue weighted by atomic mass is 10.2. The fourth-order valence-corrected chi connectivity index (χ4v) is 2.53. The van der Waals surface area contributed by atoms with Crippen molar-refractivity contribution in [1.29, 1.82) is 0 Å². The van der Waals surface area contributed by atoms with Crippen molar-refractivity contribution in [3.63, 3.8) is 0 Å². The molecule has 2 rings (SSSR count). The molecule has 0 aromatic heterocycles. The van der Waals surface area contributed by atoms with Crippen LogP contribution in [0.5, 0.6) is 0 Å². The van der Waals surface area contributed by atoms with E-state index in [1.165, 1.54) is 0 Å². The molecule has 2 N–H and O–H groups in total. The summed E-state index contributed by atoms with van der Waals surface area (Å²) in [7, 11) is 0. The van der Waals surface area contributed by atoms with E-state index >= 15 is 0 Å².